The molecule has 1 N–H and O–H groups in total. The first-order valence-electron chi connectivity index (χ1n) is 6.45. The molecule has 0 bridgehead atoms. The zero-order valence-electron chi connectivity index (χ0n) is 11.3. The van der Waals surface area contributed by atoms with Crippen molar-refractivity contribution in [2.45, 2.75) is 26.0 Å². The first kappa shape index (κ1) is 14.3. The van der Waals surface area contributed by atoms with Gasteiger partial charge in [0.1, 0.15) is 6.61 Å². The van der Waals surface area contributed by atoms with E-state index in [1.807, 2.05) is 0 Å². The van der Waals surface area contributed by atoms with Gasteiger partial charge in [-0.1, -0.05) is 5.16 Å². The Hall–Kier alpha value is -2.14. The third kappa shape index (κ3) is 3.68. The number of methoxy groups -OCH3 is 1. The molecular formula is C12H17N5O3. The monoisotopic (exact) mass is 279 g/mol. The summed E-state index contributed by atoms with van der Waals surface area (Å²) in [6, 6.07) is 1.99. The number of rotatable bonds is 4. The molecule has 0 aliphatic carbocycles. The summed E-state index contributed by atoms with van der Waals surface area (Å²) < 4.78 is 9.85. The minimum atomic E-state index is -0.212. The molecule has 1 aromatic rings. The normalized spacial score (nSPS) is 18.6. The highest BCUT2D eigenvalue weighted by atomic mass is 16.5. The van der Waals surface area contributed by atoms with Crippen molar-refractivity contribution >= 4 is 6.03 Å². The van der Waals surface area contributed by atoms with Crippen molar-refractivity contribution in [3.63, 3.8) is 0 Å². The Kier molecular flexibility index (Phi) is 4.90. The second-order valence-corrected chi connectivity index (χ2v) is 4.61. The van der Waals surface area contributed by atoms with Crippen molar-refractivity contribution in [3.8, 4) is 6.07 Å². The van der Waals surface area contributed by atoms with Crippen LogP contribution in [0.15, 0.2) is 4.52 Å². The molecule has 0 unspecified atom stereocenters. The van der Waals surface area contributed by atoms with Crippen LogP contribution in [0.5, 0.6) is 0 Å². The van der Waals surface area contributed by atoms with Crippen LogP contribution in [0.25, 0.3) is 0 Å². The number of carbonyl (C=O) groups excluding carboxylic acids is 1. The van der Waals surface area contributed by atoms with Crippen LogP contribution >= 0.6 is 0 Å². The minimum Gasteiger partial charge on any atom is -0.377 e. The third-order valence-corrected chi connectivity index (χ3v) is 3.07. The van der Waals surface area contributed by atoms with Crippen LogP contribution in [0.2, 0.25) is 0 Å². The van der Waals surface area contributed by atoms with Gasteiger partial charge in [-0.15, -0.1) is 0 Å². The van der Waals surface area contributed by atoms with Gasteiger partial charge >= 0.3 is 6.03 Å². The van der Waals surface area contributed by atoms with Crippen molar-refractivity contribution < 1.29 is 14.1 Å². The van der Waals surface area contributed by atoms with E-state index in [0.29, 0.717) is 24.8 Å². The Balaban J connectivity index is 1.80. The number of nitriles is 1. The Bertz CT molecular complexity index is 496. The van der Waals surface area contributed by atoms with Gasteiger partial charge in [-0.2, -0.15) is 10.2 Å². The smallest absolute Gasteiger partial charge is 0.317 e. The highest BCUT2D eigenvalue weighted by molar-refractivity contribution is 5.74. The van der Waals surface area contributed by atoms with E-state index in [2.05, 4.69) is 21.5 Å². The standard InChI is InChI=1S/C12H17N5O3/c1-19-8-10-15-11(20-16-10)6-14-12(18)17-4-2-3-9(5-13)7-17/h9H,2-4,6-8H2,1H3,(H,14,18)/t9-/m0/s1. The van der Waals surface area contributed by atoms with Crippen molar-refractivity contribution in [3.05, 3.63) is 11.7 Å². The number of carbonyl (C=O) groups is 1. The fourth-order valence-corrected chi connectivity index (χ4v) is 2.08. The van der Waals surface area contributed by atoms with E-state index in [1.165, 1.54) is 0 Å². The zero-order valence-corrected chi connectivity index (χ0v) is 11.3. The molecule has 1 fully saturated rings. The molecule has 2 rings (SSSR count). The van der Waals surface area contributed by atoms with Crippen LogP contribution in [-0.2, 0) is 17.9 Å². The molecule has 8 heteroatoms. The number of ether oxygens (including phenoxy) is 1. The Morgan fingerprint density at radius 1 is 1.70 bits per heavy atom. The Labute approximate surface area is 116 Å². The van der Waals surface area contributed by atoms with Crippen molar-refractivity contribution in [1.82, 2.24) is 20.4 Å². The maximum absolute atomic E-state index is 12.0. The highest BCUT2D eigenvalue weighted by Gasteiger charge is 2.23. The molecule has 108 valence electrons. The average Bonchev–Trinajstić information content (AvgIpc) is 2.93. The van der Waals surface area contributed by atoms with Crippen LogP contribution in [-0.4, -0.2) is 41.3 Å². The number of nitrogens with one attached hydrogen (secondary N) is 1. The number of hydrogen-bond acceptors (Lipinski definition) is 6. The van der Waals surface area contributed by atoms with Gasteiger partial charge < -0.3 is 19.5 Å². The molecule has 1 aromatic heterocycles. The highest BCUT2D eigenvalue weighted by Crippen LogP contribution is 2.15. The maximum atomic E-state index is 12.0. The SMILES string of the molecule is COCc1noc(CNC(=O)N2CCC[C@@H](C#N)C2)n1. The predicted octanol–water partition coefficient (Wildman–Crippen LogP) is 0.661. The van der Waals surface area contributed by atoms with E-state index >= 15 is 0 Å². The predicted molar refractivity (Wildman–Crippen MR) is 67.2 cm³/mol. The van der Waals surface area contributed by atoms with Crippen molar-refractivity contribution in [1.29, 1.82) is 5.26 Å². The van der Waals surface area contributed by atoms with Crippen LogP contribution < -0.4 is 5.32 Å². The lowest BCUT2D eigenvalue weighted by Gasteiger charge is -2.29. The second-order valence-electron chi connectivity index (χ2n) is 4.61. The molecule has 0 radical (unpaired) electrons. The van der Waals surface area contributed by atoms with Crippen LogP contribution in [0.1, 0.15) is 24.6 Å². The van der Waals surface area contributed by atoms with E-state index in [0.717, 1.165) is 12.8 Å². The number of hydrogen-bond donors (Lipinski definition) is 1. The van der Waals surface area contributed by atoms with Gasteiger partial charge in [-0.05, 0) is 12.8 Å². The molecule has 1 saturated heterocycles. The number of nitrogens with zero attached hydrogens (tertiary/aromatic N) is 4. The summed E-state index contributed by atoms with van der Waals surface area (Å²) in [5.41, 5.74) is 0. The Morgan fingerprint density at radius 2 is 2.55 bits per heavy atom. The van der Waals surface area contributed by atoms with E-state index in [9.17, 15) is 4.79 Å². The van der Waals surface area contributed by atoms with Crippen LogP contribution in [0.3, 0.4) is 0 Å². The summed E-state index contributed by atoms with van der Waals surface area (Å²) in [5, 5.41) is 15.3. The van der Waals surface area contributed by atoms with Gasteiger partial charge in [0.05, 0.1) is 18.5 Å². The fourth-order valence-electron chi connectivity index (χ4n) is 2.08. The van der Waals surface area contributed by atoms with Crippen LogP contribution in [0, 0.1) is 17.2 Å². The molecule has 1 atom stereocenters. The lowest BCUT2D eigenvalue weighted by atomic mass is 10.0. The molecule has 2 heterocycles. The molecule has 1 aliphatic rings. The summed E-state index contributed by atoms with van der Waals surface area (Å²) in [7, 11) is 1.54. The minimum absolute atomic E-state index is 0.0776. The summed E-state index contributed by atoms with van der Waals surface area (Å²) >= 11 is 0. The van der Waals surface area contributed by atoms with E-state index in [-0.39, 0.29) is 25.1 Å². The maximum Gasteiger partial charge on any atom is 0.317 e. The fraction of sp³-hybridized carbons (Fsp3) is 0.667. The van der Waals surface area contributed by atoms with Crippen molar-refractivity contribution in [2.75, 3.05) is 20.2 Å². The van der Waals surface area contributed by atoms with Gasteiger partial charge in [0.2, 0.25) is 5.89 Å². The average molecular weight is 279 g/mol. The molecule has 0 aromatic carbocycles. The summed E-state index contributed by atoms with van der Waals surface area (Å²) in [5.74, 6) is 0.699. The van der Waals surface area contributed by atoms with Crippen molar-refractivity contribution in [2.24, 2.45) is 5.92 Å². The molecule has 20 heavy (non-hydrogen) atoms. The van der Waals surface area contributed by atoms with E-state index < -0.39 is 0 Å². The number of piperidine rings is 1. The largest absolute Gasteiger partial charge is 0.377 e. The summed E-state index contributed by atoms with van der Waals surface area (Å²) in [4.78, 5) is 17.7. The molecular weight excluding hydrogens is 262 g/mol. The zero-order chi connectivity index (χ0) is 14.4. The first-order valence-corrected chi connectivity index (χ1v) is 6.45. The molecule has 0 spiro atoms. The quantitative estimate of drug-likeness (QED) is 0.868. The number of likely N-dealkylation sites (tertiary alicyclic amines) is 1. The van der Waals surface area contributed by atoms with Crippen LogP contribution in [0.4, 0.5) is 4.79 Å². The lowest BCUT2D eigenvalue weighted by molar-refractivity contribution is 0.173. The third-order valence-electron chi connectivity index (χ3n) is 3.07. The number of amides is 2. The van der Waals surface area contributed by atoms with E-state index in [4.69, 9.17) is 14.5 Å². The second kappa shape index (κ2) is 6.86. The first-order chi connectivity index (χ1) is 9.72. The number of urea groups is 1. The van der Waals surface area contributed by atoms with Gasteiger partial charge in [0.15, 0.2) is 5.82 Å². The van der Waals surface area contributed by atoms with Gasteiger partial charge in [0, 0.05) is 20.2 Å². The van der Waals surface area contributed by atoms with Gasteiger partial charge in [-0.25, -0.2) is 4.79 Å². The van der Waals surface area contributed by atoms with Gasteiger partial charge in [-0.3, -0.25) is 0 Å². The lowest BCUT2D eigenvalue weighted by Crippen LogP contribution is -2.45. The number of aromatic nitrogens is 2. The molecule has 0 saturated carbocycles. The molecule has 1 aliphatic heterocycles. The topological polar surface area (TPSA) is 104 Å². The Morgan fingerprint density at radius 3 is 3.30 bits per heavy atom. The molecule has 2 amide bonds. The molecule has 8 nitrogen and oxygen atoms in total. The summed E-state index contributed by atoms with van der Waals surface area (Å²) in [6.07, 6.45) is 1.70. The van der Waals surface area contributed by atoms with E-state index in [1.54, 1.807) is 12.0 Å². The van der Waals surface area contributed by atoms with Gasteiger partial charge in [0.25, 0.3) is 0 Å². The summed E-state index contributed by atoms with van der Waals surface area (Å²) in [6.45, 7) is 1.58.